The van der Waals surface area contributed by atoms with Crippen LogP contribution in [0.2, 0.25) is 0 Å². The minimum atomic E-state index is -0.146. The van der Waals surface area contributed by atoms with E-state index in [9.17, 15) is 4.79 Å². The average molecular weight is 329 g/mol. The molecule has 6 nitrogen and oxygen atoms in total. The number of thioether (sulfide) groups is 1. The molecule has 3 N–H and O–H groups in total. The fourth-order valence-corrected chi connectivity index (χ4v) is 3.57. The summed E-state index contributed by atoms with van der Waals surface area (Å²) in [4.78, 5) is 21.4. The Bertz CT molecular complexity index is 652. The predicted octanol–water partition coefficient (Wildman–Crippen LogP) is 2.42. The molecule has 23 heavy (non-hydrogen) atoms. The van der Waals surface area contributed by atoms with Gasteiger partial charge in [-0.15, -0.1) is 11.8 Å². The monoisotopic (exact) mass is 329 g/mol. The Hall–Kier alpha value is -2.28. The highest BCUT2D eigenvalue weighted by molar-refractivity contribution is 7.99. The predicted molar refractivity (Wildman–Crippen MR) is 91.6 cm³/mol. The van der Waals surface area contributed by atoms with Crippen molar-refractivity contribution in [3.8, 4) is 0 Å². The van der Waals surface area contributed by atoms with E-state index in [1.54, 1.807) is 18.5 Å². The zero-order valence-electron chi connectivity index (χ0n) is 12.7. The molecule has 0 saturated heterocycles. The highest BCUT2D eigenvalue weighted by Gasteiger charge is 2.21. The highest BCUT2D eigenvalue weighted by atomic mass is 32.2. The molecule has 0 saturated carbocycles. The Labute approximate surface area is 139 Å². The van der Waals surface area contributed by atoms with E-state index < -0.39 is 0 Å². The third-order valence-corrected chi connectivity index (χ3v) is 4.65. The molecule has 1 aromatic carbocycles. The number of benzene rings is 1. The lowest BCUT2D eigenvalue weighted by Gasteiger charge is -2.25. The summed E-state index contributed by atoms with van der Waals surface area (Å²) < 4.78 is 0. The molecular formula is C16H19N5OS. The van der Waals surface area contributed by atoms with Gasteiger partial charge in [-0.25, -0.2) is 14.8 Å². The number of hydrogen-bond acceptors (Lipinski definition) is 5. The second kappa shape index (κ2) is 7.82. The molecule has 2 heterocycles. The number of fused-ring (bicyclic) bond motifs is 1. The first-order valence-corrected chi connectivity index (χ1v) is 8.58. The highest BCUT2D eigenvalue weighted by Crippen LogP contribution is 2.35. The summed E-state index contributed by atoms with van der Waals surface area (Å²) in [5.41, 5.74) is 1.20. The fourth-order valence-electron chi connectivity index (χ4n) is 2.44. The number of rotatable bonds is 5. The Balaban J connectivity index is 1.43. The van der Waals surface area contributed by atoms with Crippen LogP contribution in [0.5, 0.6) is 0 Å². The maximum Gasteiger partial charge on any atom is 0.315 e. The molecule has 0 spiro atoms. The van der Waals surface area contributed by atoms with Crippen LogP contribution in [0.4, 0.5) is 10.7 Å². The zero-order chi connectivity index (χ0) is 15.9. The third-order valence-electron chi connectivity index (χ3n) is 3.52. The average Bonchev–Trinajstić information content (AvgIpc) is 2.60. The molecule has 1 aliphatic rings. The summed E-state index contributed by atoms with van der Waals surface area (Å²) in [6.07, 6.45) is 4.30. The van der Waals surface area contributed by atoms with Gasteiger partial charge in [-0.3, -0.25) is 0 Å². The number of nitrogens with zero attached hydrogens (tertiary/aromatic N) is 2. The summed E-state index contributed by atoms with van der Waals surface area (Å²) in [5, 5.41) is 8.96. The molecule has 1 aliphatic heterocycles. The van der Waals surface area contributed by atoms with E-state index in [2.05, 4.69) is 38.1 Å². The molecule has 2 amide bonds. The van der Waals surface area contributed by atoms with Gasteiger partial charge in [0.05, 0.1) is 6.04 Å². The van der Waals surface area contributed by atoms with E-state index in [0.717, 1.165) is 12.2 Å². The van der Waals surface area contributed by atoms with Gasteiger partial charge in [0.15, 0.2) is 0 Å². The van der Waals surface area contributed by atoms with Crippen molar-refractivity contribution in [1.29, 1.82) is 0 Å². The molecule has 1 aromatic heterocycles. The van der Waals surface area contributed by atoms with Crippen LogP contribution in [-0.2, 0) is 0 Å². The topological polar surface area (TPSA) is 78.9 Å². The van der Waals surface area contributed by atoms with E-state index >= 15 is 0 Å². The van der Waals surface area contributed by atoms with Crippen LogP contribution in [0.3, 0.4) is 0 Å². The van der Waals surface area contributed by atoms with Gasteiger partial charge in [0, 0.05) is 36.1 Å². The second-order valence-corrected chi connectivity index (χ2v) is 6.26. The van der Waals surface area contributed by atoms with Crippen molar-refractivity contribution in [3.05, 3.63) is 48.3 Å². The third kappa shape index (κ3) is 4.35. The van der Waals surface area contributed by atoms with Gasteiger partial charge in [0.25, 0.3) is 0 Å². The van der Waals surface area contributed by atoms with Crippen LogP contribution >= 0.6 is 11.8 Å². The molecular weight excluding hydrogens is 310 g/mol. The molecule has 1 unspecified atom stereocenters. The van der Waals surface area contributed by atoms with Crippen LogP contribution in [0, 0.1) is 0 Å². The summed E-state index contributed by atoms with van der Waals surface area (Å²) in [5.74, 6) is 1.59. The fraction of sp³-hybridized carbons (Fsp3) is 0.312. The summed E-state index contributed by atoms with van der Waals surface area (Å²) >= 11 is 1.84. The van der Waals surface area contributed by atoms with E-state index in [-0.39, 0.29) is 12.1 Å². The van der Waals surface area contributed by atoms with Crippen LogP contribution in [0.1, 0.15) is 18.0 Å². The van der Waals surface area contributed by atoms with E-state index in [1.165, 1.54) is 10.5 Å². The lowest BCUT2D eigenvalue weighted by atomic mass is 10.0. The van der Waals surface area contributed by atoms with Crippen LogP contribution in [0.25, 0.3) is 0 Å². The van der Waals surface area contributed by atoms with Crippen molar-refractivity contribution >= 4 is 23.7 Å². The van der Waals surface area contributed by atoms with Gasteiger partial charge in [-0.2, -0.15) is 0 Å². The van der Waals surface area contributed by atoms with Gasteiger partial charge in [0.1, 0.15) is 0 Å². The molecule has 0 radical (unpaired) electrons. The van der Waals surface area contributed by atoms with Crippen LogP contribution in [0.15, 0.2) is 47.6 Å². The Morgan fingerprint density at radius 2 is 2.00 bits per heavy atom. The minimum absolute atomic E-state index is 0.0814. The first-order valence-electron chi connectivity index (χ1n) is 7.60. The second-order valence-electron chi connectivity index (χ2n) is 5.13. The standard InChI is InChI=1S/C16H19N5OS/c22-16(20-10-9-19-15-17-7-3-8-18-15)21-13-6-11-23-14-5-2-1-4-12(13)14/h1-5,7-8,13H,6,9-11H2,(H,17,18,19)(H2,20,21,22). The van der Waals surface area contributed by atoms with Crippen molar-refractivity contribution in [2.24, 2.45) is 0 Å². The molecule has 7 heteroatoms. The molecule has 2 aromatic rings. The number of nitrogens with one attached hydrogen (secondary N) is 3. The number of carbonyl (C=O) groups excluding carboxylic acids is 1. The lowest BCUT2D eigenvalue weighted by Crippen LogP contribution is -2.40. The summed E-state index contributed by atoms with van der Waals surface area (Å²) in [7, 11) is 0. The van der Waals surface area contributed by atoms with Gasteiger partial charge >= 0.3 is 6.03 Å². The number of amides is 2. The lowest BCUT2D eigenvalue weighted by molar-refractivity contribution is 0.237. The normalized spacial score (nSPS) is 16.3. The van der Waals surface area contributed by atoms with E-state index in [0.29, 0.717) is 19.0 Å². The van der Waals surface area contributed by atoms with Gasteiger partial charge < -0.3 is 16.0 Å². The van der Waals surface area contributed by atoms with Crippen molar-refractivity contribution in [2.75, 3.05) is 24.2 Å². The Morgan fingerprint density at radius 3 is 2.87 bits per heavy atom. The van der Waals surface area contributed by atoms with Crippen LogP contribution < -0.4 is 16.0 Å². The van der Waals surface area contributed by atoms with Gasteiger partial charge in [-0.1, -0.05) is 18.2 Å². The Kier molecular flexibility index (Phi) is 5.31. The van der Waals surface area contributed by atoms with Crippen molar-refractivity contribution in [1.82, 2.24) is 20.6 Å². The number of hydrogen-bond donors (Lipinski definition) is 3. The van der Waals surface area contributed by atoms with Gasteiger partial charge in [0.2, 0.25) is 5.95 Å². The number of aromatic nitrogens is 2. The Morgan fingerprint density at radius 1 is 1.17 bits per heavy atom. The van der Waals surface area contributed by atoms with Gasteiger partial charge in [-0.05, 0) is 24.1 Å². The summed E-state index contributed by atoms with van der Waals surface area (Å²) in [6, 6.07) is 9.94. The van der Waals surface area contributed by atoms with Crippen molar-refractivity contribution < 1.29 is 4.79 Å². The van der Waals surface area contributed by atoms with E-state index in [4.69, 9.17) is 0 Å². The molecule has 0 fully saturated rings. The maximum absolute atomic E-state index is 12.0. The molecule has 1 atom stereocenters. The first-order chi connectivity index (χ1) is 11.3. The van der Waals surface area contributed by atoms with E-state index in [1.807, 2.05) is 23.9 Å². The molecule has 0 aliphatic carbocycles. The first kappa shape index (κ1) is 15.6. The zero-order valence-corrected chi connectivity index (χ0v) is 13.5. The maximum atomic E-state index is 12.0. The van der Waals surface area contributed by atoms with Crippen molar-refractivity contribution in [2.45, 2.75) is 17.4 Å². The molecule has 120 valence electrons. The smallest absolute Gasteiger partial charge is 0.315 e. The minimum Gasteiger partial charge on any atom is -0.352 e. The van der Waals surface area contributed by atoms with Crippen molar-refractivity contribution in [3.63, 3.8) is 0 Å². The number of carbonyl (C=O) groups is 1. The SMILES string of the molecule is O=C(NCCNc1ncccn1)NC1CCSc2ccccc21. The molecule has 3 rings (SSSR count). The quantitative estimate of drug-likeness (QED) is 0.734. The largest absolute Gasteiger partial charge is 0.352 e. The molecule has 0 bridgehead atoms. The van der Waals surface area contributed by atoms with Crippen LogP contribution in [-0.4, -0.2) is 34.8 Å². The number of urea groups is 1. The summed E-state index contributed by atoms with van der Waals surface area (Å²) in [6.45, 7) is 1.09. The number of anilines is 1.